The molecule has 5 heteroatoms. The third-order valence-electron chi connectivity index (χ3n) is 3.87. The Labute approximate surface area is 109 Å². The first-order chi connectivity index (χ1) is 9.09. The molecular weight excluding hydrogens is 246 g/mol. The number of hydrogen-bond donors (Lipinski definition) is 2. The standard InChI is InChI=1S/C14H13NO4/c16-9-5-6-10(17)12-8-4-2-1-3-7(8)11(9)13(15-12)14(18)19/h1-4,11-13,15H,5-6H2,(H,18,19). The van der Waals surface area contributed by atoms with E-state index >= 15 is 0 Å². The maximum absolute atomic E-state index is 12.2. The predicted octanol–water partition coefficient (Wildman–Crippen LogP) is 0.800. The van der Waals surface area contributed by atoms with Crippen LogP contribution in [0.5, 0.6) is 0 Å². The van der Waals surface area contributed by atoms with Crippen molar-refractivity contribution in [2.75, 3.05) is 0 Å². The molecule has 0 radical (unpaired) electrons. The summed E-state index contributed by atoms with van der Waals surface area (Å²) < 4.78 is 0. The monoisotopic (exact) mass is 259 g/mol. The van der Waals surface area contributed by atoms with E-state index in [0.717, 1.165) is 5.56 Å². The lowest BCUT2D eigenvalue weighted by Gasteiger charge is -2.37. The van der Waals surface area contributed by atoms with E-state index in [4.69, 9.17) is 0 Å². The van der Waals surface area contributed by atoms with E-state index in [2.05, 4.69) is 5.32 Å². The Balaban J connectivity index is 2.22. The molecule has 0 aromatic heterocycles. The maximum atomic E-state index is 12.2. The average Bonchev–Trinajstić information content (AvgIpc) is 2.40. The highest BCUT2D eigenvalue weighted by Gasteiger charge is 2.45. The van der Waals surface area contributed by atoms with Crippen LogP contribution in [0.3, 0.4) is 0 Å². The highest BCUT2D eigenvalue weighted by molar-refractivity contribution is 6.00. The smallest absolute Gasteiger partial charge is 0.321 e. The maximum Gasteiger partial charge on any atom is 0.321 e. The van der Waals surface area contributed by atoms with Crippen LogP contribution in [0.25, 0.3) is 0 Å². The zero-order chi connectivity index (χ0) is 13.6. The van der Waals surface area contributed by atoms with Crippen LogP contribution in [0.15, 0.2) is 24.3 Å². The van der Waals surface area contributed by atoms with Gasteiger partial charge in [0.05, 0.1) is 12.0 Å². The molecule has 19 heavy (non-hydrogen) atoms. The molecule has 4 rings (SSSR count). The van der Waals surface area contributed by atoms with Crippen molar-refractivity contribution in [3.05, 3.63) is 35.4 Å². The molecule has 0 spiro atoms. The number of hydrogen-bond acceptors (Lipinski definition) is 4. The Hall–Kier alpha value is -2.01. The molecule has 1 aromatic carbocycles. The summed E-state index contributed by atoms with van der Waals surface area (Å²) in [6, 6.07) is 5.48. The topological polar surface area (TPSA) is 83.5 Å². The first kappa shape index (κ1) is 12.0. The second-order valence-electron chi connectivity index (χ2n) is 4.95. The molecule has 1 aromatic rings. The van der Waals surface area contributed by atoms with Crippen molar-refractivity contribution in [3.63, 3.8) is 0 Å². The number of benzene rings is 1. The van der Waals surface area contributed by atoms with Crippen molar-refractivity contribution >= 4 is 17.5 Å². The van der Waals surface area contributed by atoms with Gasteiger partial charge in [-0.15, -0.1) is 0 Å². The fourth-order valence-corrected chi connectivity index (χ4v) is 2.99. The van der Waals surface area contributed by atoms with Gasteiger partial charge in [0.25, 0.3) is 0 Å². The molecule has 3 aliphatic rings. The quantitative estimate of drug-likeness (QED) is 0.779. The highest BCUT2D eigenvalue weighted by atomic mass is 16.4. The van der Waals surface area contributed by atoms with Gasteiger partial charge in [-0.25, -0.2) is 0 Å². The van der Waals surface area contributed by atoms with Crippen molar-refractivity contribution in [2.45, 2.75) is 30.8 Å². The number of carbonyl (C=O) groups excluding carboxylic acids is 2. The molecule has 2 bridgehead atoms. The Bertz CT molecular complexity index is 581. The SMILES string of the molecule is O=C1CCC(=O)C2c3ccccc3C1NC2C(=O)O. The summed E-state index contributed by atoms with van der Waals surface area (Å²) in [6.07, 6.45) is 0.299. The molecule has 98 valence electrons. The lowest BCUT2D eigenvalue weighted by atomic mass is 9.74. The van der Waals surface area contributed by atoms with Crippen LogP contribution in [0, 0.1) is 0 Å². The molecular formula is C14H13NO4. The molecule has 0 amide bonds. The van der Waals surface area contributed by atoms with E-state index in [9.17, 15) is 19.5 Å². The summed E-state index contributed by atoms with van der Waals surface area (Å²) in [5.74, 6) is -2.09. The minimum atomic E-state index is -1.09. The van der Waals surface area contributed by atoms with Crippen molar-refractivity contribution in [2.24, 2.45) is 0 Å². The van der Waals surface area contributed by atoms with Gasteiger partial charge in [-0.2, -0.15) is 0 Å². The molecule has 2 heterocycles. The van der Waals surface area contributed by atoms with Gasteiger partial charge in [-0.3, -0.25) is 19.7 Å². The van der Waals surface area contributed by atoms with Gasteiger partial charge in [-0.05, 0) is 11.1 Å². The number of rotatable bonds is 1. The number of aliphatic carboxylic acids is 1. The normalized spacial score (nSPS) is 29.6. The summed E-state index contributed by atoms with van der Waals surface area (Å²) in [4.78, 5) is 35.6. The fourth-order valence-electron chi connectivity index (χ4n) is 2.99. The largest absolute Gasteiger partial charge is 0.480 e. The van der Waals surface area contributed by atoms with Crippen molar-refractivity contribution in [1.82, 2.24) is 5.32 Å². The fraction of sp³-hybridized carbons (Fsp3) is 0.357. The molecule has 5 nitrogen and oxygen atoms in total. The first-order valence-corrected chi connectivity index (χ1v) is 6.22. The van der Waals surface area contributed by atoms with Crippen molar-refractivity contribution < 1.29 is 19.5 Å². The Morgan fingerprint density at radius 2 is 1.74 bits per heavy atom. The second-order valence-corrected chi connectivity index (χ2v) is 4.95. The van der Waals surface area contributed by atoms with Crippen LogP contribution in [-0.4, -0.2) is 28.7 Å². The van der Waals surface area contributed by atoms with Crippen LogP contribution in [0.1, 0.15) is 35.9 Å². The summed E-state index contributed by atoms with van der Waals surface area (Å²) in [7, 11) is 0. The van der Waals surface area contributed by atoms with E-state index in [1.165, 1.54) is 0 Å². The van der Waals surface area contributed by atoms with Gasteiger partial charge in [0.15, 0.2) is 5.78 Å². The predicted molar refractivity (Wildman–Crippen MR) is 65.7 cm³/mol. The molecule has 0 saturated carbocycles. The van der Waals surface area contributed by atoms with Gasteiger partial charge >= 0.3 is 5.97 Å². The molecule has 1 fully saturated rings. The van der Waals surface area contributed by atoms with Crippen LogP contribution in [0.4, 0.5) is 0 Å². The zero-order valence-electron chi connectivity index (χ0n) is 10.1. The number of carboxylic acids is 1. The Morgan fingerprint density at radius 1 is 1.11 bits per heavy atom. The lowest BCUT2D eigenvalue weighted by molar-refractivity contribution is -0.144. The Kier molecular flexibility index (Phi) is 2.71. The van der Waals surface area contributed by atoms with Crippen LogP contribution in [0.2, 0.25) is 0 Å². The van der Waals surface area contributed by atoms with Gasteiger partial charge in [0.2, 0.25) is 0 Å². The zero-order valence-corrected chi connectivity index (χ0v) is 10.1. The summed E-state index contributed by atoms with van der Waals surface area (Å²) in [5, 5.41) is 12.1. The molecule has 2 N–H and O–H groups in total. The van der Waals surface area contributed by atoms with E-state index < -0.39 is 24.0 Å². The third-order valence-corrected chi connectivity index (χ3v) is 3.87. The number of nitrogens with one attached hydrogen (secondary N) is 1. The lowest BCUT2D eigenvalue weighted by Crippen LogP contribution is -2.53. The van der Waals surface area contributed by atoms with E-state index in [-0.39, 0.29) is 24.4 Å². The van der Waals surface area contributed by atoms with Crippen molar-refractivity contribution in [1.29, 1.82) is 0 Å². The van der Waals surface area contributed by atoms with Gasteiger partial charge in [0.1, 0.15) is 11.8 Å². The van der Waals surface area contributed by atoms with Crippen LogP contribution >= 0.6 is 0 Å². The molecule has 1 saturated heterocycles. The number of Topliss-reactive ketones (excluding diaryl/α,β-unsaturated/α-hetero) is 2. The first-order valence-electron chi connectivity index (χ1n) is 6.22. The van der Waals surface area contributed by atoms with Gasteiger partial charge < -0.3 is 5.11 Å². The van der Waals surface area contributed by atoms with Gasteiger partial charge in [-0.1, -0.05) is 24.3 Å². The minimum Gasteiger partial charge on any atom is -0.480 e. The molecule has 1 aliphatic carbocycles. The van der Waals surface area contributed by atoms with E-state index in [0.29, 0.717) is 5.56 Å². The van der Waals surface area contributed by atoms with Gasteiger partial charge in [0, 0.05) is 12.8 Å². The number of fused-ring (bicyclic) bond motifs is 4. The molecule has 3 atom stereocenters. The average molecular weight is 259 g/mol. The summed E-state index contributed by atoms with van der Waals surface area (Å²) in [5.41, 5.74) is 1.42. The molecule has 2 aliphatic heterocycles. The van der Waals surface area contributed by atoms with Crippen LogP contribution < -0.4 is 5.32 Å². The third kappa shape index (κ3) is 1.77. The van der Waals surface area contributed by atoms with E-state index in [1.54, 1.807) is 24.3 Å². The summed E-state index contributed by atoms with van der Waals surface area (Å²) in [6.45, 7) is 0. The highest BCUT2D eigenvalue weighted by Crippen LogP contribution is 2.38. The second kappa shape index (κ2) is 4.28. The minimum absolute atomic E-state index is 0.120. The summed E-state index contributed by atoms with van der Waals surface area (Å²) >= 11 is 0. The Morgan fingerprint density at radius 3 is 2.42 bits per heavy atom. The van der Waals surface area contributed by atoms with Crippen molar-refractivity contribution in [3.8, 4) is 0 Å². The van der Waals surface area contributed by atoms with E-state index in [1.807, 2.05) is 0 Å². The number of carbonyl (C=O) groups is 3. The number of ketones is 2. The van der Waals surface area contributed by atoms with Crippen LogP contribution in [-0.2, 0) is 14.4 Å². The number of carboxylic acid groups (broad SMARTS) is 1. The molecule has 3 unspecified atom stereocenters.